The number of rotatable bonds is 10. The lowest BCUT2D eigenvalue weighted by Crippen LogP contribution is -2.32. The van der Waals surface area contributed by atoms with Crippen LogP contribution in [0.3, 0.4) is 0 Å². The van der Waals surface area contributed by atoms with Crippen molar-refractivity contribution in [3.63, 3.8) is 0 Å². The molecule has 0 heterocycles. The lowest BCUT2D eigenvalue weighted by Gasteiger charge is -2.27. The topological polar surface area (TPSA) is 49.8 Å². The molecule has 0 fully saturated rings. The summed E-state index contributed by atoms with van der Waals surface area (Å²) in [4.78, 5) is 13.2. The summed E-state index contributed by atoms with van der Waals surface area (Å²) in [6.45, 7) is 4.25. The Morgan fingerprint density at radius 3 is 2.10 bits per heavy atom. The molecule has 3 aromatic rings. The van der Waals surface area contributed by atoms with Crippen LogP contribution >= 0.6 is 0 Å². The highest BCUT2D eigenvalue weighted by molar-refractivity contribution is 5.70. The molecule has 0 aromatic heterocycles. The summed E-state index contributed by atoms with van der Waals surface area (Å²) in [5.41, 5.74) is 3.30. The minimum Gasteiger partial charge on any atom is -0.481 e. The van der Waals surface area contributed by atoms with Crippen LogP contribution in [-0.2, 0) is 11.2 Å². The highest BCUT2D eigenvalue weighted by Crippen LogP contribution is 2.26. The highest BCUT2D eigenvalue weighted by Gasteiger charge is 2.17. The van der Waals surface area contributed by atoms with E-state index in [9.17, 15) is 4.79 Å². The first-order valence-electron chi connectivity index (χ1n) is 9.91. The molecule has 0 radical (unpaired) electrons. The zero-order valence-corrected chi connectivity index (χ0v) is 16.7. The monoisotopic (exact) mass is 389 g/mol. The van der Waals surface area contributed by atoms with Gasteiger partial charge in [-0.25, -0.2) is 0 Å². The number of aliphatic carboxylic acids is 1. The van der Waals surface area contributed by atoms with Gasteiger partial charge in [0.1, 0.15) is 12.5 Å². The number of carboxylic acids is 1. The smallest absolute Gasteiger partial charge is 0.307 e. The maximum atomic E-state index is 10.9. The van der Waals surface area contributed by atoms with Crippen LogP contribution < -0.4 is 4.74 Å². The van der Waals surface area contributed by atoms with Crippen molar-refractivity contribution in [2.24, 2.45) is 0 Å². The molecule has 0 saturated heterocycles. The lowest BCUT2D eigenvalue weighted by atomic mass is 9.91. The van der Waals surface area contributed by atoms with E-state index >= 15 is 0 Å². The Morgan fingerprint density at radius 2 is 1.55 bits per heavy atom. The molecule has 0 amide bonds. The van der Waals surface area contributed by atoms with Gasteiger partial charge in [0.2, 0.25) is 0 Å². The Kier molecular flexibility index (Phi) is 7.42. The third-order valence-corrected chi connectivity index (χ3v) is 4.96. The largest absolute Gasteiger partial charge is 0.481 e. The van der Waals surface area contributed by atoms with Crippen LogP contribution in [-0.4, -0.2) is 35.8 Å². The Bertz CT molecular complexity index is 857. The first-order chi connectivity index (χ1) is 14.2. The highest BCUT2D eigenvalue weighted by atomic mass is 16.5. The van der Waals surface area contributed by atoms with Gasteiger partial charge in [-0.05, 0) is 35.4 Å². The number of carbonyl (C=O) groups is 1. The van der Waals surface area contributed by atoms with E-state index in [0.717, 1.165) is 18.7 Å². The van der Waals surface area contributed by atoms with E-state index in [1.807, 2.05) is 24.3 Å². The second kappa shape index (κ2) is 10.4. The van der Waals surface area contributed by atoms with E-state index in [-0.39, 0.29) is 12.3 Å². The van der Waals surface area contributed by atoms with Crippen LogP contribution in [0.1, 0.15) is 29.5 Å². The van der Waals surface area contributed by atoms with Crippen LogP contribution in [0.5, 0.6) is 5.75 Å². The van der Waals surface area contributed by atoms with Crippen molar-refractivity contribution in [3.05, 3.63) is 102 Å². The molecule has 0 saturated carbocycles. The minimum absolute atomic E-state index is 0.00121. The molecule has 0 aliphatic carbocycles. The van der Waals surface area contributed by atoms with E-state index in [1.165, 1.54) is 11.1 Å². The number of hydrogen-bond acceptors (Lipinski definition) is 3. The Morgan fingerprint density at radius 1 is 0.931 bits per heavy atom. The Balaban J connectivity index is 1.71. The fourth-order valence-corrected chi connectivity index (χ4v) is 3.39. The van der Waals surface area contributed by atoms with Crippen molar-refractivity contribution < 1.29 is 14.6 Å². The van der Waals surface area contributed by atoms with E-state index < -0.39 is 5.97 Å². The van der Waals surface area contributed by atoms with Crippen LogP contribution in [0.2, 0.25) is 0 Å². The van der Waals surface area contributed by atoms with Gasteiger partial charge in [0.05, 0.1) is 6.42 Å². The molecule has 0 aliphatic heterocycles. The first kappa shape index (κ1) is 20.6. The van der Waals surface area contributed by atoms with Gasteiger partial charge in [-0.1, -0.05) is 79.7 Å². The third-order valence-electron chi connectivity index (χ3n) is 4.96. The second-order valence-electron chi connectivity index (χ2n) is 7.03. The molecule has 0 atom stereocenters. The molecule has 150 valence electrons. The van der Waals surface area contributed by atoms with E-state index in [4.69, 9.17) is 9.84 Å². The first-order valence-corrected chi connectivity index (χ1v) is 9.91. The number of likely N-dealkylation sites (N-methyl/N-ethyl adjacent to an activating group) is 1. The molecule has 3 aromatic carbocycles. The number of nitrogens with zero attached hydrogens (tertiary/aromatic N) is 1. The standard InChI is InChI=1S/C25H27NO3/c1-2-26(19-29-23-15-9-10-20(16-23)17-25(27)28)18-24(21-11-5-3-6-12-21)22-13-7-4-8-14-22/h3-16,24H,2,17-19H2,1H3,(H,27,28). The molecular weight excluding hydrogens is 362 g/mol. The molecule has 0 spiro atoms. The molecule has 29 heavy (non-hydrogen) atoms. The average molecular weight is 389 g/mol. The summed E-state index contributed by atoms with van der Waals surface area (Å²) in [5, 5.41) is 8.98. The summed E-state index contributed by atoms with van der Waals surface area (Å²) < 4.78 is 5.99. The summed E-state index contributed by atoms with van der Waals surface area (Å²) in [7, 11) is 0. The van der Waals surface area contributed by atoms with Crippen LogP contribution in [0, 0.1) is 0 Å². The Hall–Kier alpha value is -3.11. The van der Waals surface area contributed by atoms with Gasteiger partial charge in [-0.2, -0.15) is 0 Å². The molecule has 1 N–H and O–H groups in total. The van der Waals surface area contributed by atoms with Gasteiger partial charge in [-0.3, -0.25) is 9.69 Å². The normalized spacial score (nSPS) is 11.0. The summed E-state index contributed by atoms with van der Waals surface area (Å²) in [5.74, 6) is 0.100. The number of hydrogen-bond donors (Lipinski definition) is 1. The molecule has 0 aliphatic rings. The van der Waals surface area contributed by atoms with Crippen molar-refractivity contribution >= 4 is 5.97 Å². The second-order valence-corrected chi connectivity index (χ2v) is 7.03. The maximum absolute atomic E-state index is 10.9. The van der Waals surface area contributed by atoms with Crippen molar-refractivity contribution in [1.29, 1.82) is 0 Å². The summed E-state index contributed by atoms with van der Waals surface area (Å²) in [6, 6.07) is 28.4. The minimum atomic E-state index is -0.842. The number of carboxylic acid groups (broad SMARTS) is 1. The predicted molar refractivity (Wildman–Crippen MR) is 115 cm³/mol. The molecule has 0 unspecified atom stereocenters. The fourth-order valence-electron chi connectivity index (χ4n) is 3.39. The fraction of sp³-hybridized carbons (Fsp3) is 0.240. The van der Waals surface area contributed by atoms with Gasteiger partial charge in [0, 0.05) is 12.5 Å². The van der Waals surface area contributed by atoms with E-state index in [0.29, 0.717) is 12.5 Å². The number of ether oxygens (including phenoxy) is 1. The maximum Gasteiger partial charge on any atom is 0.307 e. The SMILES string of the molecule is CCN(COc1cccc(CC(=O)O)c1)CC(c1ccccc1)c1ccccc1. The van der Waals surface area contributed by atoms with E-state index in [2.05, 4.69) is 60.4 Å². The average Bonchev–Trinajstić information content (AvgIpc) is 2.75. The van der Waals surface area contributed by atoms with Gasteiger partial charge < -0.3 is 9.84 Å². The van der Waals surface area contributed by atoms with E-state index in [1.54, 1.807) is 12.1 Å². The predicted octanol–water partition coefficient (Wildman–Crippen LogP) is 4.80. The molecule has 4 heteroatoms. The Labute approximate surface area is 172 Å². The molecule has 0 bridgehead atoms. The molecular formula is C25H27NO3. The van der Waals surface area contributed by atoms with Crippen molar-refractivity contribution in [3.8, 4) is 5.75 Å². The zero-order valence-electron chi connectivity index (χ0n) is 16.7. The van der Waals surface area contributed by atoms with Crippen LogP contribution in [0.25, 0.3) is 0 Å². The van der Waals surface area contributed by atoms with Gasteiger partial charge in [0.15, 0.2) is 0 Å². The summed E-state index contributed by atoms with van der Waals surface area (Å²) in [6.07, 6.45) is -0.00121. The number of benzene rings is 3. The zero-order chi connectivity index (χ0) is 20.5. The van der Waals surface area contributed by atoms with Crippen molar-refractivity contribution in [1.82, 2.24) is 4.90 Å². The van der Waals surface area contributed by atoms with Crippen molar-refractivity contribution in [2.45, 2.75) is 19.3 Å². The molecule has 3 rings (SSSR count). The van der Waals surface area contributed by atoms with Crippen LogP contribution in [0.4, 0.5) is 0 Å². The van der Waals surface area contributed by atoms with Gasteiger partial charge in [-0.15, -0.1) is 0 Å². The quantitative estimate of drug-likeness (QED) is 0.506. The van der Waals surface area contributed by atoms with Gasteiger partial charge >= 0.3 is 5.97 Å². The molecule has 4 nitrogen and oxygen atoms in total. The van der Waals surface area contributed by atoms with Gasteiger partial charge in [0.25, 0.3) is 0 Å². The van der Waals surface area contributed by atoms with Crippen LogP contribution in [0.15, 0.2) is 84.9 Å². The third kappa shape index (κ3) is 6.19. The lowest BCUT2D eigenvalue weighted by molar-refractivity contribution is -0.136. The summed E-state index contributed by atoms with van der Waals surface area (Å²) >= 11 is 0. The van der Waals surface area contributed by atoms with Crippen molar-refractivity contribution in [2.75, 3.05) is 19.8 Å².